The van der Waals surface area contributed by atoms with Crippen molar-refractivity contribution in [1.82, 2.24) is 24.0 Å². The van der Waals surface area contributed by atoms with Crippen molar-refractivity contribution in [3.05, 3.63) is 69.1 Å². The number of allylic oxidation sites excluding steroid dienone is 1. The maximum atomic E-state index is 13.1. The summed E-state index contributed by atoms with van der Waals surface area (Å²) in [5.74, 6) is 0.428. The number of halogens is 1. The summed E-state index contributed by atoms with van der Waals surface area (Å²) in [4.78, 5) is 35.7. The van der Waals surface area contributed by atoms with Gasteiger partial charge >= 0.3 is 5.69 Å². The zero-order valence-corrected chi connectivity index (χ0v) is 16.3. The zero-order chi connectivity index (χ0) is 20.5. The van der Waals surface area contributed by atoms with Gasteiger partial charge in [-0.05, 0) is 17.7 Å². The first-order valence-electron chi connectivity index (χ1n) is 9.50. The SMILES string of the molecule is C=CCn1c(N2CCN(Cc3ccc(F)cc3)CC2)nc2c1c(=O)[nH]c(=O)n2C. The number of benzene rings is 1. The molecule has 1 aliphatic rings. The summed E-state index contributed by atoms with van der Waals surface area (Å²) < 4.78 is 16.2. The predicted octanol–water partition coefficient (Wildman–Crippen LogP) is 1.07. The first kappa shape index (κ1) is 19.1. The van der Waals surface area contributed by atoms with Crippen LogP contribution in [-0.2, 0) is 20.1 Å². The number of nitrogens with one attached hydrogen (secondary N) is 1. The van der Waals surface area contributed by atoms with E-state index in [-0.39, 0.29) is 5.82 Å². The molecule has 152 valence electrons. The number of fused-ring (bicyclic) bond motifs is 1. The van der Waals surface area contributed by atoms with Gasteiger partial charge in [0, 0.05) is 46.3 Å². The molecule has 1 saturated heterocycles. The highest BCUT2D eigenvalue weighted by Crippen LogP contribution is 2.21. The second kappa shape index (κ2) is 7.67. The van der Waals surface area contributed by atoms with Crippen molar-refractivity contribution in [2.75, 3.05) is 31.1 Å². The Labute approximate surface area is 166 Å². The number of hydrogen-bond acceptors (Lipinski definition) is 5. The molecular weight excluding hydrogens is 375 g/mol. The van der Waals surface area contributed by atoms with Gasteiger partial charge in [-0.3, -0.25) is 19.2 Å². The molecule has 29 heavy (non-hydrogen) atoms. The van der Waals surface area contributed by atoms with E-state index in [9.17, 15) is 14.0 Å². The molecule has 9 heteroatoms. The van der Waals surface area contributed by atoms with Gasteiger partial charge in [0.05, 0.1) is 0 Å². The quantitative estimate of drug-likeness (QED) is 0.651. The second-order valence-electron chi connectivity index (χ2n) is 7.19. The first-order chi connectivity index (χ1) is 14.0. The monoisotopic (exact) mass is 398 g/mol. The lowest BCUT2D eigenvalue weighted by Crippen LogP contribution is -2.46. The number of imidazole rings is 1. The molecule has 8 nitrogen and oxygen atoms in total. The van der Waals surface area contributed by atoms with Crippen molar-refractivity contribution in [1.29, 1.82) is 0 Å². The van der Waals surface area contributed by atoms with Crippen LogP contribution in [0.25, 0.3) is 11.2 Å². The van der Waals surface area contributed by atoms with Gasteiger partial charge in [-0.2, -0.15) is 4.98 Å². The van der Waals surface area contributed by atoms with Gasteiger partial charge in [0.1, 0.15) is 5.82 Å². The highest BCUT2D eigenvalue weighted by atomic mass is 19.1. The van der Waals surface area contributed by atoms with Gasteiger partial charge in [0.25, 0.3) is 5.56 Å². The Morgan fingerprint density at radius 3 is 2.52 bits per heavy atom. The number of nitrogens with zero attached hydrogens (tertiary/aromatic N) is 5. The number of H-pyrrole nitrogens is 1. The predicted molar refractivity (Wildman–Crippen MR) is 110 cm³/mol. The molecule has 0 saturated carbocycles. The summed E-state index contributed by atoms with van der Waals surface area (Å²) in [7, 11) is 1.59. The Kier molecular flexibility index (Phi) is 5.06. The van der Waals surface area contributed by atoms with Crippen molar-refractivity contribution in [2.45, 2.75) is 13.1 Å². The van der Waals surface area contributed by atoms with Crippen LogP contribution in [0.5, 0.6) is 0 Å². The molecule has 0 spiro atoms. The Morgan fingerprint density at radius 2 is 1.86 bits per heavy atom. The molecule has 1 aromatic carbocycles. The van der Waals surface area contributed by atoms with Gasteiger partial charge in [0.15, 0.2) is 11.2 Å². The topological polar surface area (TPSA) is 79.2 Å². The fourth-order valence-corrected chi connectivity index (χ4v) is 3.72. The smallest absolute Gasteiger partial charge is 0.329 e. The fraction of sp³-hybridized carbons (Fsp3) is 0.350. The first-order valence-corrected chi connectivity index (χ1v) is 9.50. The molecule has 0 aliphatic carbocycles. The molecule has 0 amide bonds. The van der Waals surface area contributed by atoms with Crippen LogP contribution in [0.2, 0.25) is 0 Å². The summed E-state index contributed by atoms with van der Waals surface area (Å²) in [5, 5.41) is 0. The van der Waals surface area contributed by atoms with E-state index in [0.29, 0.717) is 23.7 Å². The standard InChI is InChI=1S/C20H23FN6O2/c1-3-8-27-16-17(24(2)20(29)23-18(16)28)22-19(27)26-11-9-25(10-12-26)13-14-4-6-15(21)7-5-14/h3-7H,1,8-13H2,2H3,(H,23,28,29). The van der Waals surface area contributed by atoms with E-state index in [1.54, 1.807) is 29.8 Å². The van der Waals surface area contributed by atoms with E-state index >= 15 is 0 Å². The molecule has 1 fully saturated rings. The Morgan fingerprint density at radius 1 is 1.17 bits per heavy atom. The average molecular weight is 398 g/mol. The zero-order valence-electron chi connectivity index (χ0n) is 16.3. The van der Waals surface area contributed by atoms with E-state index in [1.807, 2.05) is 0 Å². The van der Waals surface area contributed by atoms with Crippen LogP contribution in [0.15, 0.2) is 46.5 Å². The summed E-state index contributed by atoms with van der Waals surface area (Å²) in [6, 6.07) is 6.56. The molecule has 4 rings (SSSR count). The maximum absolute atomic E-state index is 13.1. The third-order valence-electron chi connectivity index (χ3n) is 5.27. The van der Waals surface area contributed by atoms with Gasteiger partial charge in [-0.15, -0.1) is 6.58 Å². The van der Waals surface area contributed by atoms with Crippen LogP contribution in [-0.4, -0.2) is 50.2 Å². The van der Waals surface area contributed by atoms with Gasteiger partial charge in [0.2, 0.25) is 5.95 Å². The molecule has 0 radical (unpaired) electrons. The summed E-state index contributed by atoms with van der Waals surface area (Å²) in [6.45, 7) is 8.03. The van der Waals surface area contributed by atoms with Crippen molar-refractivity contribution in [3.63, 3.8) is 0 Å². The van der Waals surface area contributed by atoms with E-state index in [0.717, 1.165) is 38.3 Å². The number of aromatic amines is 1. The van der Waals surface area contributed by atoms with Crippen LogP contribution in [0.1, 0.15) is 5.56 Å². The summed E-state index contributed by atoms with van der Waals surface area (Å²) >= 11 is 0. The van der Waals surface area contributed by atoms with E-state index in [2.05, 4.69) is 26.3 Å². The highest BCUT2D eigenvalue weighted by molar-refractivity contribution is 5.74. The minimum atomic E-state index is -0.485. The lowest BCUT2D eigenvalue weighted by molar-refractivity contribution is 0.248. The third-order valence-corrected chi connectivity index (χ3v) is 5.27. The molecule has 1 N–H and O–H groups in total. The number of rotatable bonds is 5. The number of anilines is 1. The van der Waals surface area contributed by atoms with E-state index < -0.39 is 11.2 Å². The molecule has 0 unspecified atom stereocenters. The molecule has 3 aromatic rings. The normalized spacial score (nSPS) is 15.2. The van der Waals surface area contributed by atoms with Crippen molar-refractivity contribution < 1.29 is 4.39 Å². The van der Waals surface area contributed by atoms with E-state index in [4.69, 9.17) is 0 Å². The van der Waals surface area contributed by atoms with Crippen molar-refractivity contribution in [3.8, 4) is 0 Å². The maximum Gasteiger partial charge on any atom is 0.329 e. The van der Waals surface area contributed by atoms with Crippen LogP contribution < -0.4 is 16.1 Å². The molecular formula is C20H23FN6O2. The minimum Gasteiger partial charge on any atom is -0.340 e. The van der Waals surface area contributed by atoms with E-state index in [1.165, 1.54) is 16.7 Å². The molecule has 3 heterocycles. The van der Waals surface area contributed by atoms with Gasteiger partial charge in [-0.1, -0.05) is 18.2 Å². The summed E-state index contributed by atoms with van der Waals surface area (Å²) in [6.07, 6.45) is 1.71. The van der Waals surface area contributed by atoms with Crippen molar-refractivity contribution in [2.24, 2.45) is 7.05 Å². The van der Waals surface area contributed by atoms with Crippen LogP contribution >= 0.6 is 0 Å². The van der Waals surface area contributed by atoms with Crippen LogP contribution in [0.3, 0.4) is 0 Å². The lowest BCUT2D eigenvalue weighted by atomic mass is 10.2. The van der Waals surface area contributed by atoms with Crippen LogP contribution in [0.4, 0.5) is 10.3 Å². The number of aryl methyl sites for hydroxylation is 1. The third kappa shape index (κ3) is 3.61. The lowest BCUT2D eigenvalue weighted by Gasteiger charge is -2.35. The van der Waals surface area contributed by atoms with Gasteiger partial charge in [-0.25, -0.2) is 9.18 Å². The number of piperazine rings is 1. The Bertz CT molecular complexity index is 1150. The van der Waals surface area contributed by atoms with Crippen LogP contribution in [0, 0.1) is 5.82 Å². The Hall–Kier alpha value is -3.20. The van der Waals surface area contributed by atoms with Crippen molar-refractivity contribution >= 4 is 17.1 Å². The number of hydrogen-bond donors (Lipinski definition) is 1. The molecule has 0 atom stereocenters. The summed E-state index contributed by atoms with van der Waals surface area (Å²) in [5.41, 5.74) is 0.875. The fourth-order valence-electron chi connectivity index (χ4n) is 3.72. The highest BCUT2D eigenvalue weighted by Gasteiger charge is 2.24. The molecule has 0 bridgehead atoms. The molecule has 1 aliphatic heterocycles. The average Bonchev–Trinajstić information content (AvgIpc) is 3.09. The van der Waals surface area contributed by atoms with Gasteiger partial charge < -0.3 is 9.47 Å². The largest absolute Gasteiger partial charge is 0.340 e. The minimum absolute atomic E-state index is 0.232. The Balaban J connectivity index is 1.58. The second-order valence-corrected chi connectivity index (χ2v) is 7.19. The molecule has 2 aromatic heterocycles. The number of aromatic nitrogens is 4.